The van der Waals surface area contributed by atoms with Gasteiger partial charge in [-0.1, -0.05) is 0 Å². The summed E-state index contributed by atoms with van der Waals surface area (Å²) in [6.07, 6.45) is 3.62. The molecule has 2 aromatic rings. The van der Waals surface area contributed by atoms with Gasteiger partial charge in [-0.3, -0.25) is 0 Å². The van der Waals surface area contributed by atoms with Gasteiger partial charge < -0.3 is 16.5 Å². The van der Waals surface area contributed by atoms with Crippen LogP contribution in [0.5, 0.6) is 0 Å². The minimum atomic E-state index is -0.113. The number of aromatic amines is 1. The fraction of sp³-hybridized carbons (Fsp3) is 0.222. The lowest BCUT2D eigenvalue weighted by Gasteiger charge is -2.05. The molecule has 0 unspecified atom stereocenters. The standard InChI is InChI=1S/C9H12N4/c10-4-8(11)7-5-13-9-6(7)2-1-3-12-9/h1-3,5,8H,4,10-11H2,(H,12,13)/t8-/m0/s1. The SMILES string of the molecule is NC[C@H](N)c1c[nH]c2ncccc12. The van der Waals surface area contributed by atoms with Crippen molar-refractivity contribution in [2.45, 2.75) is 6.04 Å². The Labute approximate surface area is 76.0 Å². The monoisotopic (exact) mass is 176 g/mol. The average molecular weight is 176 g/mol. The van der Waals surface area contributed by atoms with E-state index in [0.717, 1.165) is 16.6 Å². The Morgan fingerprint density at radius 2 is 2.38 bits per heavy atom. The molecule has 2 rings (SSSR count). The zero-order chi connectivity index (χ0) is 9.26. The highest BCUT2D eigenvalue weighted by Gasteiger charge is 2.09. The second kappa shape index (κ2) is 3.16. The zero-order valence-corrected chi connectivity index (χ0v) is 7.20. The van der Waals surface area contributed by atoms with Crippen LogP contribution in [0, 0.1) is 0 Å². The Hall–Kier alpha value is -1.39. The van der Waals surface area contributed by atoms with Crippen molar-refractivity contribution in [2.24, 2.45) is 11.5 Å². The first-order chi connectivity index (χ1) is 6.33. The molecule has 5 N–H and O–H groups in total. The van der Waals surface area contributed by atoms with Crippen LogP contribution in [-0.2, 0) is 0 Å². The largest absolute Gasteiger partial charge is 0.346 e. The average Bonchev–Trinajstić information content (AvgIpc) is 2.60. The number of nitrogens with one attached hydrogen (secondary N) is 1. The van der Waals surface area contributed by atoms with Crippen LogP contribution in [0.1, 0.15) is 11.6 Å². The maximum absolute atomic E-state index is 5.83. The molecule has 0 aliphatic rings. The Balaban J connectivity index is 2.57. The number of hydrogen-bond acceptors (Lipinski definition) is 3. The number of aromatic nitrogens is 2. The van der Waals surface area contributed by atoms with Crippen molar-refractivity contribution in [3.05, 3.63) is 30.1 Å². The lowest BCUT2D eigenvalue weighted by atomic mass is 10.1. The molecule has 0 aliphatic carbocycles. The van der Waals surface area contributed by atoms with Gasteiger partial charge in [-0.2, -0.15) is 0 Å². The fourth-order valence-corrected chi connectivity index (χ4v) is 1.41. The van der Waals surface area contributed by atoms with E-state index in [0.29, 0.717) is 6.54 Å². The van der Waals surface area contributed by atoms with Crippen LogP contribution >= 0.6 is 0 Å². The molecule has 4 heteroatoms. The lowest BCUT2D eigenvalue weighted by Crippen LogP contribution is -2.20. The molecule has 1 atom stereocenters. The summed E-state index contributed by atoms with van der Waals surface area (Å²) in [5, 5.41) is 1.06. The molecular weight excluding hydrogens is 164 g/mol. The number of pyridine rings is 1. The van der Waals surface area contributed by atoms with Gasteiger partial charge in [-0.15, -0.1) is 0 Å². The third kappa shape index (κ3) is 1.30. The van der Waals surface area contributed by atoms with E-state index in [2.05, 4.69) is 9.97 Å². The second-order valence-corrected chi connectivity index (χ2v) is 2.99. The van der Waals surface area contributed by atoms with Gasteiger partial charge in [0.15, 0.2) is 0 Å². The molecule has 2 aromatic heterocycles. The summed E-state index contributed by atoms with van der Waals surface area (Å²) in [6.45, 7) is 0.446. The summed E-state index contributed by atoms with van der Waals surface area (Å²) < 4.78 is 0. The minimum Gasteiger partial charge on any atom is -0.346 e. The van der Waals surface area contributed by atoms with E-state index >= 15 is 0 Å². The Morgan fingerprint density at radius 3 is 3.15 bits per heavy atom. The van der Waals surface area contributed by atoms with Gasteiger partial charge in [0, 0.05) is 30.4 Å². The van der Waals surface area contributed by atoms with Crippen LogP contribution in [-0.4, -0.2) is 16.5 Å². The highest BCUT2D eigenvalue weighted by molar-refractivity contribution is 5.79. The van der Waals surface area contributed by atoms with Crippen molar-refractivity contribution in [3.8, 4) is 0 Å². The molecular formula is C9H12N4. The summed E-state index contributed by atoms with van der Waals surface area (Å²) in [5.74, 6) is 0. The Kier molecular flexibility index (Phi) is 2.00. The van der Waals surface area contributed by atoms with Gasteiger partial charge in [0.25, 0.3) is 0 Å². The molecule has 0 spiro atoms. The Morgan fingerprint density at radius 1 is 1.54 bits per heavy atom. The van der Waals surface area contributed by atoms with E-state index < -0.39 is 0 Å². The molecule has 4 nitrogen and oxygen atoms in total. The van der Waals surface area contributed by atoms with E-state index in [9.17, 15) is 0 Å². The molecule has 0 saturated heterocycles. The van der Waals surface area contributed by atoms with Crippen LogP contribution in [0.25, 0.3) is 11.0 Å². The van der Waals surface area contributed by atoms with Crippen LogP contribution in [0.15, 0.2) is 24.5 Å². The number of H-pyrrole nitrogens is 1. The van der Waals surface area contributed by atoms with Crippen molar-refractivity contribution < 1.29 is 0 Å². The molecule has 68 valence electrons. The first-order valence-electron chi connectivity index (χ1n) is 4.20. The third-order valence-electron chi connectivity index (χ3n) is 2.14. The van der Waals surface area contributed by atoms with E-state index in [-0.39, 0.29) is 6.04 Å². The summed E-state index contributed by atoms with van der Waals surface area (Å²) in [7, 11) is 0. The van der Waals surface area contributed by atoms with Crippen LogP contribution in [0.3, 0.4) is 0 Å². The normalized spacial score (nSPS) is 13.4. The predicted octanol–water partition coefficient (Wildman–Crippen LogP) is 0.521. The molecule has 0 aromatic carbocycles. The highest BCUT2D eigenvalue weighted by atomic mass is 14.8. The van der Waals surface area contributed by atoms with E-state index in [4.69, 9.17) is 11.5 Å². The smallest absolute Gasteiger partial charge is 0.137 e. The molecule has 0 radical (unpaired) electrons. The van der Waals surface area contributed by atoms with Gasteiger partial charge in [0.05, 0.1) is 0 Å². The molecule has 13 heavy (non-hydrogen) atoms. The maximum Gasteiger partial charge on any atom is 0.137 e. The highest BCUT2D eigenvalue weighted by Crippen LogP contribution is 2.19. The van der Waals surface area contributed by atoms with Crippen LogP contribution in [0.4, 0.5) is 0 Å². The van der Waals surface area contributed by atoms with Gasteiger partial charge in [-0.25, -0.2) is 4.98 Å². The van der Waals surface area contributed by atoms with Crippen molar-refractivity contribution in [3.63, 3.8) is 0 Å². The van der Waals surface area contributed by atoms with Gasteiger partial charge in [0.1, 0.15) is 5.65 Å². The molecule has 0 amide bonds. The van der Waals surface area contributed by atoms with Crippen molar-refractivity contribution >= 4 is 11.0 Å². The first kappa shape index (κ1) is 8.22. The first-order valence-corrected chi connectivity index (χ1v) is 4.20. The lowest BCUT2D eigenvalue weighted by molar-refractivity contribution is 0.743. The number of nitrogens with two attached hydrogens (primary N) is 2. The van der Waals surface area contributed by atoms with E-state index in [1.807, 2.05) is 18.3 Å². The predicted molar refractivity (Wildman–Crippen MR) is 52.1 cm³/mol. The van der Waals surface area contributed by atoms with Crippen LogP contribution < -0.4 is 11.5 Å². The number of rotatable bonds is 2. The minimum absolute atomic E-state index is 0.113. The van der Waals surface area contributed by atoms with Gasteiger partial charge in [-0.05, 0) is 17.7 Å². The molecule has 0 bridgehead atoms. The number of fused-ring (bicyclic) bond motifs is 1. The Bertz CT molecular complexity index is 407. The van der Waals surface area contributed by atoms with Crippen molar-refractivity contribution in [1.29, 1.82) is 0 Å². The van der Waals surface area contributed by atoms with Gasteiger partial charge in [0.2, 0.25) is 0 Å². The third-order valence-corrected chi connectivity index (χ3v) is 2.14. The van der Waals surface area contributed by atoms with E-state index in [1.165, 1.54) is 0 Å². The fourth-order valence-electron chi connectivity index (χ4n) is 1.41. The molecule has 0 aliphatic heterocycles. The van der Waals surface area contributed by atoms with Crippen molar-refractivity contribution in [2.75, 3.05) is 6.54 Å². The maximum atomic E-state index is 5.83. The molecule has 2 heterocycles. The second-order valence-electron chi connectivity index (χ2n) is 2.99. The molecule has 0 fully saturated rings. The van der Waals surface area contributed by atoms with Crippen molar-refractivity contribution in [1.82, 2.24) is 9.97 Å². The summed E-state index contributed by atoms with van der Waals surface area (Å²) >= 11 is 0. The summed E-state index contributed by atoms with van der Waals surface area (Å²) in [4.78, 5) is 7.22. The van der Waals surface area contributed by atoms with E-state index in [1.54, 1.807) is 6.20 Å². The summed E-state index contributed by atoms with van der Waals surface area (Å²) in [6, 6.07) is 3.77. The number of nitrogens with zero attached hydrogens (tertiary/aromatic N) is 1. The quantitative estimate of drug-likeness (QED) is 0.624. The molecule has 0 saturated carbocycles. The zero-order valence-electron chi connectivity index (χ0n) is 7.20. The number of hydrogen-bond donors (Lipinski definition) is 3. The van der Waals surface area contributed by atoms with Crippen LogP contribution in [0.2, 0.25) is 0 Å². The summed E-state index contributed by atoms with van der Waals surface area (Å²) in [5.41, 5.74) is 13.2. The topological polar surface area (TPSA) is 80.7 Å². The van der Waals surface area contributed by atoms with Gasteiger partial charge >= 0.3 is 0 Å².